The Labute approximate surface area is 69.0 Å². The third-order valence-electron chi connectivity index (χ3n) is 1.62. The maximum Gasteiger partial charge on any atom is 0.240 e. The largest absolute Gasteiger partial charge is 0.388 e. The zero-order valence-corrected chi connectivity index (χ0v) is 6.64. The van der Waals surface area contributed by atoms with Crippen molar-refractivity contribution in [3.05, 3.63) is 12.2 Å². The van der Waals surface area contributed by atoms with Crippen LogP contribution in [-0.2, 0) is 11.4 Å². The van der Waals surface area contributed by atoms with Crippen molar-refractivity contribution in [2.24, 2.45) is 5.73 Å². The maximum atomic E-state index is 10.7. The van der Waals surface area contributed by atoms with Crippen molar-refractivity contribution in [3.63, 3.8) is 0 Å². The average Bonchev–Trinajstić information content (AvgIpc) is 2.49. The summed E-state index contributed by atoms with van der Waals surface area (Å²) in [5, 5.41) is 15.9. The SMILES string of the molecule is CC(C(N)=O)n1cnnc1CO. The first-order chi connectivity index (χ1) is 5.66. The number of nitrogens with two attached hydrogens (primary N) is 1. The molecule has 66 valence electrons. The van der Waals surface area contributed by atoms with Crippen molar-refractivity contribution in [2.45, 2.75) is 19.6 Å². The standard InChI is InChI=1S/C6H10N4O2/c1-4(6(7)12)10-3-8-9-5(10)2-11/h3-4,11H,2H2,1H3,(H2,7,12). The number of rotatable bonds is 3. The number of aliphatic hydroxyl groups excluding tert-OH is 1. The van der Waals surface area contributed by atoms with E-state index < -0.39 is 11.9 Å². The summed E-state index contributed by atoms with van der Waals surface area (Å²) in [6, 6.07) is -0.526. The Morgan fingerprint density at radius 2 is 2.58 bits per heavy atom. The lowest BCUT2D eigenvalue weighted by Crippen LogP contribution is -2.24. The van der Waals surface area contributed by atoms with Crippen LogP contribution in [0.1, 0.15) is 18.8 Å². The molecule has 0 bridgehead atoms. The van der Waals surface area contributed by atoms with E-state index in [9.17, 15) is 4.79 Å². The molecule has 0 aliphatic carbocycles. The average molecular weight is 170 g/mol. The van der Waals surface area contributed by atoms with Crippen LogP contribution in [0, 0.1) is 0 Å². The van der Waals surface area contributed by atoms with E-state index in [0.29, 0.717) is 5.82 Å². The molecular formula is C6H10N4O2. The van der Waals surface area contributed by atoms with Gasteiger partial charge in [0.05, 0.1) is 0 Å². The maximum absolute atomic E-state index is 10.7. The number of aromatic nitrogens is 3. The molecule has 0 aliphatic heterocycles. The Kier molecular flexibility index (Phi) is 2.39. The number of carbonyl (C=O) groups is 1. The van der Waals surface area contributed by atoms with E-state index >= 15 is 0 Å². The van der Waals surface area contributed by atoms with Crippen molar-refractivity contribution >= 4 is 5.91 Å². The molecule has 0 radical (unpaired) electrons. The van der Waals surface area contributed by atoms with Gasteiger partial charge < -0.3 is 15.4 Å². The lowest BCUT2D eigenvalue weighted by atomic mass is 10.3. The van der Waals surface area contributed by atoms with E-state index in [1.807, 2.05) is 0 Å². The van der Waals surface area contributed by atoms with Gasteiger partial charge in [0, 0.05) is 0 Å². The first kappa shape index (κ1) is 8.66. The van der Waals surface area contributed by atoms with Crippen molar-refractivity contribution in [1.29, 1.82) is 0 Å². The van der Waals surface area contributed by atoms with E-state index in [0.717, 1.165) is 0 Å². The van der Waals surface area contributed by atoms with Crippen molar-refractivity contribution in [2.75, 3.05) is 0 Å². The molecule has 0 spiro atoms. The molecule has 6 heteroatoms. The van der Waals surface area contributed by atoms with Crippen molar-refractivity contribution in [3.8, 4) is 0 Å². The topological polar surface area (TPSA) is 94.0 Å². The minimum atomic E-state index is -0.526. The number of primary amides is 1. The molecule has 0 aromatic carbocycles. The van der Waals surface area contributed by atoms with Crippen LogP contribution in [0.2, 0.25) is 0 Å². The molecule has 3 N–H and O–H groups in total. The van der Waals surface area contributed by atoms with Crippen LogP contribution in [0.3, 0.4) is 0 Å². The summed E-state index contributed by atoms with van der Waals surface area (Å²) < 4.78 is 1.43. The second-order valence-corrected chi connectivity index (χ2v) is 2.39. The van der Waals surface area contributed by atoms with Crippen LogP contribution < -0.4 is 5.73 Å². The van der Waals surface area contributed by atoms with E-state index in [1.165, 1.54) is 10.9 Å². The zero-order valence-electron chi connectivity index (χ0n) is 6.64. The number of carbonyl (C=O) groups excluding carboxylic acids is 1. The predicted molar refractivity (Wildman–Crippen MR) is 39.9 cm³/mol. The van der Waals surface area contributed by atoms with Crippen LogP contribution in [0.4, 0.5) is 0 Å². The number of hydrogen-bond donors (Lipinski definition) is 2. The highest BCUT2D eigenvalue weighted by Gasteiger charge is 2.14. The summed E-state index contributed by atoms with van der Waals surface area (Å²) in [7, 11) is 0. The lowest BCUT2D eigenvalue weighted by molar-refractivity contribution is -0.120. The molecule has 1 unspecified atom stereocenters. The fourth-order valence-corrected chi connectivity index (χ4v) is 0.840. The molecule has 1 heterocycles. The summed E-state index contributed by atoms with van der Waals surface area (Å²) in [6.07, 6.45) is 1.36. The molecule has 1 aromatic rings. The fraction of sp³-hybridized carbons (Fsp3) is 0.500. The first-order valence-electron chi connectivity index (χ1n) is 3.45. The Balaban J connectivity index is 2.93. The molecule has 0 aliphatic rings. The second-order valence-electron chi connectivity index (χ2n) is 2.39. The Bertz CT molecular complexity index is 283. The second kappa shape index (κ2) is 3.31. The molecule has 0 saturated heterocycles. The van der Waals surface area contributed by atoms with E-state index in [2.05, 4.69) is 10.2 Å². The van der Waals surface area contributed by atoms with Gasteiger partial charge in [-0.1, -0.05) is 0 Å². The number of aliphatic hydroxyl groups is 1. The summed E-state index contributed by atoms with van der Waals surface area (Å²) in [6.45, 7) is 1.36. The highest BCUT2D eigenvalue weighted by atomic mass is 16.3. The summed E-state index contributed by atoms with van der Waals surface area (Å²) >= 11 is 0. The van der Waals surface area contributed by atoms with Crippen LogP contribution in [0.5, 0.6) is 0 Å². The normalized spacial score (nSPS) is 12.8. The van der Waals surface area contributed by atoms with E-state index in [4.69, 9.17) is 10.8 Å². The lowest BCUT2D eigenvalue weighted by Gasteiger charge is -2.09. The van der Waals surface area contributed by atoms with E-state index in [1.54, 1.807) is 6.92 Å². The molecule has 12 heavy (non-hydrogen) atoms. The van der Waals surface area contributed by atoms with Crippen LogP contribution >= 0.6 is 0 Å². The van der Waals surface area contributed by atoms with Gasteiger partial charge in [0.15, 0.2) is 5.82 Å². The minimum Gasteiger partial charge on any atom is -0.388 e. The van der Waals surface area contributed by atoms with Crippen molar-refractivity contribution in [1.82, 2.24) is 14.8 Å². The number of hydrogen-bond acceptors (Lipinski definition) is 4. The fourth-order valence-electron chi connectivity index (χ4n) is 0.840. The summed E-state index contributed by atoms with van der Waals surface area (Å²) in [5.74, 6) is -0.147. The zero-order chi connectivity index (χ0) is 9.14. The number of amides is 1. The molecule has 1 aromatic heterocycles. The molecule has 0 saturated carbocycles. The molecule has 6 nitrogen and oxygen atoms in total. The van der Waals surface area contributed by atoms with Gasteiger partial charge >= 0.3 is 0 Å². The Hall–Kier alpha value is -1.43. The highest BCUT2D eigenvalue weighted by Crippen LogP contribution is 2.06. The van der Waals surface area contributed by atoms with Gasteiger partial charge in [-0.15, -0.1) is 10.2 Å². The highest BCUT2D eigenvalue weighted by molar-refractivity contribution is 5.77. The molecule has 1 atom stereocenters. The van der Waals surface area contributed by atoms with Crippen molar-refractivity contribution < 1.29 is 9.90 Å². The van der Waals surface area contributed by atoms with Crippen LogP contribution in [-0.4, -0.2) is 25.8 Å². The van der Waals surface area contributed by atoms with Gasteiger partial charge in [0.2, 0.25) is 5.91 Å². The number of nitrogens with zero attached hydrogens (tertiary/aromatic N) is 3. The van der Waals surface area contributed by atoms with E-state index in [-0.39, 0.29) is 6.61 Å². The molecule has 1 rings (SSSR count). The van der Waals surface area contributed by atoms with Gasteiger partial charge in [-0.05, 0) is 6.92 Å². The Morgan fingerprint density at radius 3 is 3.08 bits per heavy atom. The molecule has 0 fully saturated rings. The quantitative estimate of drug-likeness (QED) is 0.596. The molecular weight excluding hydrogens is 160 g/mol. The van der Waals surface area contributed by atoms with Gasteiger partial charge in [0.1, 0.15) is 19.0 Å². The summed E-state index contributed by atoms with van der Waals surface area (Å²) in [5.41, 5.74) is 5.05. The Morgan fingerprint density at radius 1 is 1.92 bits per heavy atom. The van der Waals surface area contributed by atoms with Gasteiger partial charge in [-0.25, -0.2) is 0 Å². The first-order valence-corrected chi connectivity index (χ1v) is 3.45. The molecule has 1 amide bonds. The van der Waals surface area contributed by atoms with Crippen LogP contribution in [0.15, 0.2) is 6.33 Å². The third-order valence-corrected chi connectivity index (χ3v) is 1.62. The summed E-state index contributed by atoms with van der Waals surface area (Å²) in [4.78, 5) is 10.7. The monoisotopic (exact) mass is 170 g/mol. The predicted octanol–water partition coefficient (Wildman–Crippen LogP) is -1.18. The van der Waals surface area contributed by atoms with Crippen LogP contribution in [0.25, 0.3) is 0 Å². The smallest absolute Gasteiger partial charge is 0.240 e. The van der Waals surface area contributed by atoms with Gasteiger partial charge in [0.25, 0.3) is 0 Å². The van der Waals surface area contributed by atoms with Gasteiger partial charge in [-0.2, -0.15) is 0 Å². The third kappa shape index (κ3) is 1.42. The minimum absolute atomic E-state index is 0.252. The van der Waals surface area contributed by atoms with Gasteiger partial charge in [-0.3, -0.25) is 4.79 Å².